The topological polar surface area (TPSA) is 118 Å². The van der Waals surface area contributed by atoms with Crippen LogP contribution in [0.5, 0.6) is 11.5 Å². The molecule has 0 aliphatic rings. The van der Waals surface area contributed by atoms with Crippen molar-refractivity contribution in [3.63, 3.8) is 0 Å². The number of amides is 1. The van der Waals surface area contributed by atoms with Gasteiger partial charge in [-0.05, 0) is 54.3 Å². The third-order valence-electron chi connectivity index (χ3n) is 4.79. The zero-order valence-electron chi connectivity index (χ0n) is 18.0. The molecule has 9 nitrogen and oxygen atoms in total. The smallest absolute Gasteiger partial charge is 0.248 e. The molecule has 10 heteroatoms. The van der Waals surface area contributed by atoms with E-state index in [1.807, 2.05) is 6.92 Å². The van der Waals surface area contributed by atoms with Crippen LogP contribution in [0.25, 0.3) is 10.9 Å². The number of sulfonamides is 1. The van der Waals surface area contributed by atoms with Gasteiger partial charge in [0.2, 0.25) is 21.5 Å². The first-order valence-electron chi connectivity index (χ1n) is 9.90. The summed E-state index contributed by atoms with van der Waals surface area (Å²) in [4.78, 5) is 26.4. The molecule has 0 bridgehead atoms. The fraction of sp³-hybridized carbons (Fsp3) is 0.273. The number of hydrogen-bond acceptors (Lipinski definition) is 6. The second kappa shape index (κ2) is 9.84. The first kappa shape index (κ1) is 23.3. The third-order valence-corrected chi connectivity index (χ3v) is 6.59. The normalized spacial score (nSPS) is 11.5. The Hall–Kier alpha value is -3.37. The molecular formula is C22H25N3O6S. The highest BCUT2D eigenvalue weighted by Crippen LogP contribution is 2.28. The van der Waals surface area contributed by atoms with Crippen LogP contribution in [-0.4, -0.2) is 50.9 Å². The molecule has 0 saturated carbocycles. The van der Waals surface area contributed by atoms with Gasteiger partial charge in [0.05, 0.1) is 25.2 Å². The Morgan fingerprint density at radius 1 is 1.09 bits per heavy atom. The Bertz CT molecular complexity index is 1290. The average molecular weight is 460 g/mol. The van der Waals surface area contributed by atoms with Crippen molar-refractivity contribution in [2.24, 2.45) is 0 Å². The summed E-state index contributed by atoms with van der Waals surface area (Å²) < 4.78 is 37.5. The molecule has 0 fully saturated rings. The quantitative estimate of drug-likeness (QED) is 0.504. The molecule has 170 valence electrons. The maximum absolute atomic E-state index is 12.9. The molecule has 1 heterocycles. The summed E-state index contributed by atoms with van der Waals surface area (Å²) in [6, 6.07) is 12.6. The molecule has 3 rings (SSSR count). The minimum Gasteiger partial charge on any atom is -0.493 e. The van der Waals surface area contributed by atoms with Gasteiger partial charge in [0.15, 0.2) is 11.5 Å². The van der Waals surface area contributed by atoms with Crippen molar-refractivity contribution in [3.05, 3.63) is 64.4 Å². The number of ether oxygens (including phenoxy) is 2. The molecule has 3 aromatic rings. The van der Waals surface area contributed by atoms with Gasteiger partial charge in [0.25, 0.3) is 0 Å². The van der Waals surface area contributed by atoms with Gasteiger partial charge in [-0.15, -0.1) is 0 Å². The van der Waals surface area contributed by atoms with Crippen molar-refractivity contribution in [2.45, 2.75) is 18.4 Å². The molecule has 0 atom stereocenters. The first-order valence-corrected chi connectivity index (χ1v) is 11.3. The predicted octanol–water partition coefficient (Wildman–Crippen LogP) is 1.87. The maximum Gasteiger partial charge on any atom is 0.248 e. The van der Waals surface area contributed by atoms with E-state index in [1.165, 1.54) is 38.4 Å². The number of hydrogen-bond donors (Lipinski definition) is 2. The number of likely N-dealkylation sites (N-methyl/N-ethyl adjacent to an activating group) is 1. The summed E-state index contributed by atoms with van der Waals surface area (Å²) >= 11 is 0. The second-order valence-corrected chi connectivity index (χ2v) is 9.07. The molecule has 0 radical (unpaired) electrons. The molecule has 0 unspecified atom stereocenters. The minimum absolute atomic E-state index is 0.0311. The molecule has 2 N–H and O–H groups in total. The van der Waals surface area contributed by atoms with Crippen LogP contribution in [0.4, 0.5) is 0 Å². The summed E-state index contributed by atoms with van der Waals surface area (Å²) in [5, 5.41) is 3.29. The van der Waals surface area contributed by atoms with E-state index in [1.54, 1.807) is 24.3 Å². The van der Waals surface area contributed by atoms with Crippen LogP contribution in [0, 0.1) is 0 Å². The number of carbonyl (C=O) groups is 1. The molecule has 1 aromatic heterocycles. The number of benzene rings is 2. The lowest BCUT2D eigenvalue weighted by atomic mass is 10.2. The second-order valence-electron chi connectivity index (χ2n) is 7.03. The number of rotatable bonds is 9. The SMILES string of the molecule is CCOc1ccc(CNC(=O)CN(C)S(=O)(=O)c2ccc3[nH]c(=O)ccc3c2)cc1OC. The lowest BCUT2D eigenvalue weighted by Gasteiger charge is -2.17. The number of pyridine rings is 1. The van der Waals surface area contributed by atoms with Crippen molar-refractivity contribution in [2.75, 3.05) is 27.3 Å². The van der Waals surface area contributed by atoms with Crippen molar-refractivity contribution in [1.82, 2.24) is 14.6 Å². The highest BCUT2D eigenvalue weighted by Gasteiger charge is 2.23. The fourth-order valence-electron chi connectivity index (χ4n) is 3.11. The Balaban J connectivity index is 1.66. The molecule has 32 heavy (non-hydrogen) atoms. The number of aromatic amines is 1. The Labute approximate surface area is 186 Å². The zero-order valence-corrected chi connectivity index (χ0v) is 18.9. The van der Waals surface area contributed by atoms with Crippen LogP contribution in [0.2, 0.25) is 0 Å². The van der Waals surface area contributed by atoms with Gasteiger partial charge in [-0.2, -0.15) is 4.31 Å². The van der Waals surface area contributed by atoms with Gasteiger partial charge < -0.3 is 19.8 Å². The minimum atomic E-state index is -3.90. The van der Waals surface area contributed by atoms with E-state index >= 15 is 0 Å². The van der Waals surface area contributed by atoms with E-state index in [4.69, 9.17) is 9.47 Å². The summed E-state index contributed by atoms with van der Waals surface area (Å²) in [6.45, 7) is 2.23. The number of nitrogens with one attached hydrogen (secondary N) is 2. The fourth-order valence-corrected chi connectivity index (χ4v) is 4.28. The lowest BCUT2D eigenvalue weighted by Crippen LogP contribution is -2.38. The van der Waals surface area contributed by atoms with E-state index in [0.717, 1.165) is 9.87 Å². The molecule has 0 aliphatic carbocycles. The number of nitrogens with zero attached hydrogens (tertiary/aromatic N) is 1. The van der Waals surface area contributed by atoms with Gasteiger partial charge in [-0.1, -0.05) is 6.07 Å². The Morgan fingerprint density at radius 2 is 1.88 bits per heavy atom. The highest BCUT2D eigenvalue weighted by atomic mass is 32.2. The van der Waals surface area contributed by atoms with Gasteiger partial charge in [-0.3, -0.25) is 9.59 Å². The van der Waals surface area contributed by atoms with E-state index in [-0.39, 0.29) is 23.5 Å². The van der Waals surface area contributed by atoms with Crippen LogP contribution in [-0.2, 0) is 21.4 Å². The monoisotopic (exact) mass is 459 g/mol. The first-order chi connectivity index (χ1) is 15.2. The van der Waals surface area contributed by atoms with Crippen LogP contribution in [0.1, 0.15) is 12.5 Å². The summed E-state index contributed by atoms with van der Waals surface area (Å²) in [7, 11) is -1.03. The zero-order chi connectivity index (χ0) is 23.3. The maximum atomic E-state index is 12.9. The van der Waals surface area contributed by atoms with Crippen molar-refractivity contribution in [3.8, 4) is 11.5 Å². The van der Waals surface area contributed by atoms with Crippen LogP contribution < -0.4 is 20.3 Å². The number of methoxy groups -OCH3 is 1. The van der Waals surface area contributed by atoms with Gasteiger partial charge in [0.1, 0.15) is 0 Å². The van der Waals surface area contributed by atoms with Crippen molar-refractivity contribution in [1.29, 1.82) is 0 Å². The summed E-state index contributed by atoms with van der Waals surface area (Å²) in [6.07, 6.45) is 0. The lowest BCUT2D eigenvalue weighted by molar-refractivity contribution is -0.121. The van der Waals surface area contributed by atoms with E-state index in [9.17, 15) is 18.0 Å². The highest BCUT2D eigenvalue weighted by molar-refractivity contribution is 7.89. The molecular weight excluding hydrogens is 434 g/mol. The summed E-state index contributed by atoms with van der Waals surface area (Å²) in [5.41, 5.74) is 1.04. The Kier molecular flexibility index (Phi) is 7.16. The molecule has 0 spiro atoms. The van der Waals surface area contributed by atoms with Gasteiger partial charge in [-0.25, -0.2) is 8.42 Å². The molecule has 2 aromatic carbocycles. The molecule has 0 aliphatic heterocycles. The van der Waals surface area contributed by atoms with Crippen molar-refractivity contribution < 1.29 is 22.7 Å². The third kappa shape index (κ3) is 5.27. The largest absolute Gasteiger partial charge is 0.493 e. The molecule has 0 saturated heterocycles. The number of aromatic nitrogens is 1. The van der Waals surface area contributed by atoms with E-state index in [0.29, 0.717) is 29.0 Å². The Morgan fingerprint density at radius 3 is 2.59 bits per heavy atom. The van der Waals surface area contributed by atoms with E-state index in [2.05, 4.69) is 10.3 Å². The van der Waals surface area contributed by atoms with Crippen LogP contribution >= 0.6 is 0 Å². The van der Waals surface area contributed by atoms with Gasteiger partial charge in [0, 0.05) is 25.2 Å². The average Bonchev–Trinajstić information content (AvgIpc) is 2.78. The van der Waals surface area contributed by atoms with Crippen LogP contribution in [0.3, 0.4) is 0 Å². The predicted molar refractivity (Wildman–Crippen MR) is 120 cm³/mol. The van der Waals surface area contributed by atoms with E-state index < -0.39 is 15.9 Å². The summed E-state index contributed by atoms with van der Waals surface area (Å²) in [5.74, 6) is 0.709. The number of carbonyl (C=O) groups excluding carboxylic acids is 1. The van der Waals surface area contributed by atoms with Crippen LogP contribution in [0.15, 0.2) is 58.2 Å². The van der Waals surface area contributed by atoms with Gasteiger partial charge >= 0.3 is 0 Å². The number of H-pyrrole nitrogens is 1. The van der Waals surface area contributed by atoms with Crippen molar-refractivity contribution >= 4 is 26.8 Å². The standard InChI is InChI=1S/C22H25N3O6S/c1-4-31-19-9-5-15(11-20(19)30-3)13-23-22(27)14-25(2)32(28,29)17-7-8-18-16(12-17)6-10-21(26)24-18/h5-12H,4,13-14H2,1-3H3,(H,23,27)(H,24,26). The molecule has 1 amide bonds. The number of fused-ring (bicyclic) bond motifs is 1.